The molecule has 2 atom stereocenters. The first-order valence-corrected chi connectivity index (χ1v) is 10.5. The zero-order valence-corrected chi connectivity index (χ0v) is 19.1. The zero-order chi connectivity index (χ0) is 24.6. The molecule has 0 heterocycles. The Bertz CT molecular complexity index is 766. The van der Waals surface area contributed by atoms with E-state index in [1.807, 2.05) is 5.32 Å². The fourth-order valence-electron chi connectivity index (χ4n) is 1.94. The Morgan fingerprint density at radius 2 is 1.42 bits per heavy atom. The van der Waals surface area contributed by atoms with E-state index < -0.39 is 70.7 Å². The minimum atomic E-state index is -4.91. The molecular weight excluding hydrogens is 440 g/mol. The van der Waals surface area contributed by atoms with Crippen LogP contribution in [0.1, 0.15) is 54.4 Å². The average molecular weight is 470 g/mol. The van der Waals surface area contributed by atoms with Gasteiger partial charge in [0.2, 0.25) is 5.91 Å². The number of nitrogens with one attached hydrogen (secondary N) is 2. The van der Waals surface area contributed by atoms with Gasteiger partial charge in [0.05, 0.1) is 6.61 Å². The summed E-state index contributed by atoms with van der Waals surface area (Å²) in [6.45, 7) is 8.61. The molecule has 0 aromatic rings. The number of esters is 1. The van der Waals surface area contributed by atoms with Crippen molar-refractivity contribution in [2.24, 2.45) is 0 Å². The minimum Gasteiger partial charge on any atom is -0.480 e. The molecule has 0 aliphatic carbocycles. The smallest absolute Gasteiger partial charge is 0.408 e. The lowest BCUT2D eigenvalue weighted by molar-refractivity contribution is -0.157. The average Bonchev–Trinajstić information content (AvgIpc) is 2.50. The highest BCUT2D eigenvalue weighted by Crippen LogP contribution is 2.12. The molecule has 0 unspecified atom stereocenters. The molecule has 31 heavy (non-hydrogen) atoms. The molecule has 0 fully saturated rings. The summed E-state index contributed by atoms with van der Waals surface area (Å²) in [5, 5.41) is 13.3. The van der Waals surface area contributed by atoms with Crippen LogP contribution in [-0.2, 0) is 38.4 Å². The molecule has 0 saturated heterocycles. The highest BCUT2D eigenvalue weighted by molar-refractivity contribution is 7.80. The number of rotatable bonds is 10. The highest BCUT2D eigenvalue weighted by atomic mass is 32.3. The predicted octanol–water partition coefficient (Wildman–Crippen LogP) is 0.390. The lowest BCUT2D eigenvalue weighted by Crippen LogP contribution is -2.47. The van der Waals surface area contributed by atoms with E-state index >= 15 is 0 Å². The topological polar surface area (TPSA) is 195 Å². The Kier molecular flexibility index (Phi) is 10.4. The lowest BCUT2D eigenvalue weighted by atomic mass is 10.1. The van der Waals surface area contributed by atoms with Crippen molar-refractivity contribution in [2.75, 3.05) is 6.61 Å². The molecule has 13 nitrogen and oxygen atoms in total. The van der Waals surface area contributed by atoms with Crippen LogP contribution in [0.2, 0.25) is 0 Å². The van der Waals surface area contributed by atoms with Gasteiger partial charge in [0.1, 0.15) is 17.2 Å². The molecule has 0 saturated carbocycles. The first-order chi connectivity index (χ1) is 13.8. The first-order valence-electron chi connectivity index (χ1n) is 9.15. The van der Waals surface area contributed by atoms with Crippen molar-refractivity contribution in [3.8, 4) is 0 Å². The van der Waals surface area contributed by atoms with Gasteiger partial charge in [-0.1, -0.05) is 0 Å². The van der Waals surface area contributed by atoms with Gasteiger partial charge in [0.15, 0.2) is 6.04 Å². The quantitative estimate of drug-likeness (QED) is 0.255. The van der Waals surface area contributed by atoms with Crippen LogP contribution in [0.4, 0.5) is 4.79 Å². The Hall–Kier alpha value is -2.45. The van der Waals surface area contributed by atoms with Gasteiger partial charge in [-0.15, -0.1) is 0 Å². The van der Waals surface area contributed by atoms with Crippen molar-refractivity contribution in [1.82, 2.24) is 10.6 Å². The standard InChI is InChI=1S/C17H30N2O11S/c1-16(2,3)29-14(23)10(19-15(24)30-17(4,5)6)7-8-12(20)18-11(13(21)22)9-28-31(25,26)27/h10-11H,7-9H2,1-6H3,(H,18,20)(H,19,24)(H,21,22)(H,25,26,27)/t10-,11-/m0/s1. The number of carbonyl (C=O) groups is 4. The van der Waals surface area contributed by atoms with E-state index in [2.05, 4.69) is 9.50 Å². The van der Waals surface area contributed by atoms with Crippen LogP contribution in [-0.4, -0.2) is 71.9 Å². The van der Waals surface area contributed by atoms with Crippen LogP contribution in [0.5, 0.6) is 0 Å². The van der Waals surface area contributed by atoms with Crippen LogP contribution < -0.4 is 10.6 Å². The fourth-order valence-corrected chi connectivity index (χ4v) is 2.25. The van der Waals surface area contributed by atoms with Gasteiger partial charge in [-0.25, -0.2) is 18.6 Å². The Balaban J connectivity index is 5.12. The summed E-state index contributed by atoms with van der Waals surface area (Å²) in [6.07, 6.45) is -1.63. The molecule has 0 aromatic carbocycles. The van der Waals surface area contributed by atoms with E-state index in [9.17, 15) is 27.6 Å². The van der Waals surface area contributed by atoms with Gasteiger partial charge in [0.25, 0.3) is 0 Å². The number of aliphatic carboxylic acids is 1. The summed E-state index contributed by atoms with van der Waals surface area (Å²) in [5.41, 5.74) is -1.73. The number of carbonyl (C=O) groups excluding carboxylic acids is 3. The fraction of sp³-hybridized carbons (Fsp3) is 0.765. The van der Waals surface area contributed by atoms with Crippen LogP contribution >= 0.6 is 0 Å². The molecule has 0 aromatic heterocycles. The van der Waals surface area contributed by atoms with E-state index in [-0.39, 0.29) is 6.42 Å². The summed E-state index contributed by atoms with van der Waals surface area (Å²) in [4.78, 5) is 47.6. The number of carboxylic acids is 1. The SMILES string of the molecule is CC(C)(C)OC(=O)N[C@@H](CCC(=O)N[C@@H](COS(=O)(=O)O)C(=O)O)C(=O)OC(C)(C)C. The molecule has 2 amide bonds. The van der Waals surface area contributed by atoms with Gasteiger partial charge >= 0.3 is 28.4 Å². The van der Waals surface area contributed by atoms with Crippen LogP contribution in [0.15, 0.2) is 0 Å². The molecule has 14 heteroatoms. The number of amides is 2. The Morgan fingerprint density at radius 1 is 0.903 bits per heavy atom. The third-order valence-electron chi connectivity index (χ3n) is 3.06. The maximum Gasteiger partial charge on any atom is 0.408 e. The van der Waals surface area contributed by atoms with Crippen molar-refractivity contribution < 1.29 is 50.9 Å². The van der Waals surface area contributed by atoms with Crippen molar-refractivity contribution in [2.45, 2.75) is 77.7 Å². The second-order valence-electron chi connectivity index (χ2n) is 8.44. The molecular formula is C17H30N2O11S. The number of ether oxygens (including phenoxy) is 2. The molecule has 4 N–H and O–H groups in total. The van der Waals surface area contributed by atoms with Crippen LogP contribution in [0.3, 0.4) is 0 Å². The minimum absolute atomic E-state index is 0.272. The zero-order valence-electron chi connectivity index (χ0n) is 18.3. The van der Waals surface area contributed by atoms with E-state index in [0.717, 1.165) is 0 Å². The molecule has 0 radical (unpaired) electrons. The largest absolute Gasteiger partial charge is 0.480 e. The molecule has 180 valence electrons. The number of alkyl carbamates (subject to hydrolysis) is 1. The van der Waals surface area contributed by atoms with E-state index in [1.165, 1.54) is 0 Å². The number of hydrogen-bond acceptors (Lipinski definition) is 9. The number of carboxylic acid groups (broad SMARTS) is 1. The van der Waals surface area contributed by atoms with Gasteiger partial charge in [0, 0.05) is 6.42 Å². The van der Waals surface area contributed by atoms with E-state index in [0.29, 0.717) is 0 Å². The van der Waals surface area contributed by atoms with Gasteiger partial charge < -0.3 is 25.2 Å². The summed E-state index contributed by atoms with van der Waals surface area (Å²) < 4.78 is 43.9. The molecule has 0 aliphatic heterocycles. The molecule has 0 aliphatic rings. The Morgan fingerprint density at radius 3 is 1.84 bits per heavy atom. The molecule has 0 bridgehead atoms. The van der Waals surface area contributed by atoms with Crippen LogP contribution in [0.25, 0.3) is 0 Å². The highest BCUT2D eigenvalue weighted by Gasteiger charge is 2.30. The van der Waals surface area contributed by atoms with Gasteiger partial charge in [-0.05, 0) is 48.0 Å². The predicted molar refractivity (Wildman–Crippen MR) is 105 cm³/mol. The lowest BCUT2D eigenvalue weighted by Gasteiger charge is -2.26. The number of hydrogen-bond donors (Lipinski definition) is 4. The van der Waals surface area contributed by atoms with Crippen molar-refractivity contribution in [3.63, 3.8) is 0 Å². The van der Waals surface area contributed by atoms with E-state index in [1.54, 1.807) is 41.5 Å². The first kappa shape index (κ1) is 28.5. The molecule has 0 spiro atoms. The summed E-state index contributed by atoms with van der Waals surface area (Å²) in [6, 6.07) is -3.06. The normalized spacial score (nSPS) is 14.2. The maximum absolute atomic E-state index is 12.4. The Labute approximate surface area is 180 Å². The second kappa shape index (κ2) is 11.2. The summed E-state index contributed by atoms with van der Waals surface area (Å²) >= 11 is 0. The van der Waals surface area contributed by atoms with Crippen molar-refractivity contribution >= 4 is 34.3 Å². The second-order valence-corrected chi connectivity index (χ2v) is 9.53. The van der Waals surface area contributed by atoms with Crippen LogP contribution in [0, 0.1) is 0 Å². The summed E-state index contributed by atoms with van der Waals surface area (Å²) in [7, 11) is -4.91. The third kappa shape index (κ3) is 15.1. The van der Waals surface area contributed by atoms with Crippen molar-refractivity contribution in [1.29, 1.82) is 0 Å². The molecule has 0 rings (SSSR count). The van der Waals surface area contributed by atoms with Gasteiger partial charge in [-0.2, -0.15) is 8.42 Å². The maximum atomic E-state index is 12.4. The summed E-state index contributed by atoms with van der Waals surface area (Å²) in [5.74, 6) is -3.34. The third-order valence-corrected chi connectivity index (χ3v) is 3.49. The van der Waals surface area contributed by atoms with E-state index in [4.69, 9.17) is 19.1 Å². The monoisotopic (exact) mass is 470 g/mol. The van der Waals surface area contributed by atoms with Crippen molar-refractivity contribution in [3.05, 3.63) is 0 Å². The van der Waals surface area contributed by atoms with Gasteiger partial charge in [-0.3, -0.25) is 9.35 Å².